The fraction of sp³-hybridized carbons (Fsp3) is 0.444. The molecule has 0 saturated heterocycles. The lowest BCUT2D eigenvalue weighted by Crippen LogP contribution is -2.37. The SMILES string of the molecule is C=CCC1CC=CC(=O)N1C. The van der Waals surface area contributed by atoms with Crippen molar-refractivity contribution in [3.63, 3.8) is 0 Å². The minimum absolute atomic E-state index is 0.100. The summed E-state index contributed by atoms with van der Waals surface area (Å²) in [6.45, 7) is 3.65. The summed E-state index contributed by atoms with van der Waals surface area (Å²) >= 11 is 0. The van der Waals surface area contributed by atoms with Crippen molar-refractivity contribution in [2.45, 2.75) is 18.9 Å². The van der Waals surface area contributed by atoms with Gasteiger partial charge in [0.15, 0.2) is 0 Å². The summed E-state index contributed by atoms with van der Waals surface area (Å²) in [7, 11) is 1.83. The van der Waals surface area contributed by atoms with Crippen molar-refractivity contribution >= 4 is 5.91 Å². The number of nitrogens with zero attached hydrogens (tertiary/aromatic N) is 1. The van der Waals surface area contributed by atoms with Gasteiger partial charge in [-0.15, -0.1) is 6.58 Å². The van der Waals surface area contributed by atoms with E-state index < -0.39 is 0 Å². The van der Waals surface area contributed by atoms with Gasteiger partial charge in [0.05, 0.1) is 0 Å². The molecule has 1 unspecified atom stereocenters. The van der Waals surface area contributed by atoms with Crippen molar-refractivity contribution < 1.29 is 4.79 Å². The number of carbonyl (C=O) groups excluding carboxylic acids is 1. The van der Waals surface area contributed by atoms with Gasteiger partial charge in [-0.2, -0.15) is 0 Å². The number of carbonyl (C=O) groups is 1. The Bertz CT molecular complexity index is 196. The van der Waals surface area contributed by atoms with Crippen LogP contribution in [0.25, 0.3) is 0 Å². The summed E-state index contributed by atoms with van der Waals surface area (Å²) in [5, 5.41) is 0. The monoisotopic (exact) mass is 151 g/mol. The Morgan fingerprint density at radius 3 is 3.27 bits per heavy atom. The zero-order valence-corrected chi connectivity index (χ0v) is 6.79. The third-order valence-electron chi connectivity index (χ3n) is 2.00. The lowest BCUT2D eigenvalue weighted by molar-refractivity contribution is -0.127. The molecule has 2 heteroatoms. The standard InChI is InChI=1S/C9H13NO/c1-3-5-8-6-4-7-9(11)10(8)2/h3-4,7-8H,1,5-6H2,2H3. The summed E-state index contributed by atoms with van der Waals surface area (Å²) < 4.78 is 0. The van der Waals surface area contributed by atoms with Crippen LogP contribution in [0.5, 0.6) is 0 Å². The van der Waals surface area contributed by atoms with Crippen molar-refractivity contribution in [3.8, 4) is 0 Å². The van der Waals surface area contributed by atoms with Crippen LogP contribution in [0.2, 0.25) is 0 Å². The molecule has 0 bridgehead atoms. The minimum Gasteiger partial charge on any atom is -0.339 e. The van der Waals surface area contributed by atoms with Crippen molar-refractivity contribution in [1.82, 2.24) is 4.90 Å². The molecule has 1 rings (SSSR count). The largest absolute Gasteiger partial charge is 0.339 e. The molecule has 0 saturated carbocycles. The first-order valence-corrected chi connectivity index (χ1v) is 3.80. The van der Waals surface area contributed by atoms with E-state index in [0.717, 1.165) is 12.8 Å². The Morgan fingerprint density at radius 2 is 2.64 bits per heavy atom. The highest BCUT2D eigenvalue weighted by Crippen LogP contribution is 2.13. The Morgan fingerprint density at radius 1 is 1.91 bits per heavy atom. The molecular formula is C9H13NO. The van der Waals surface area contributed by atoms with E-state index in [9.17, 15) is 4.79 Å². The van der Waals surface area contributed by atoms with Gasteiger partial charge < -0.3 is 4.90 Å². The minimum atomic E-state index is 0.100. The summed E-state index contributed by atoms with van der Waals surface area (Å²) in [5.41, 5.74) is 0. The summed E-state index contributed by atoms with van der Waals surface area (Å²) in [6.07, 6.45) is 7.24. The number of hydrogen-bond donors (Lipinski definition) is 0. The molecular weight excluding hydrogens is 138 g/mol. The first-order chi connectivity index (χ1) is 5.25. The van der Waals surface area contributed by atoms with Crippen LogP contribution in [0.1, 0.15) is 12.8 Å². The van der Waals surface area contributed by atoms with Gasteiger partial charge in [-0.25, -0.2) is 0 Å². The fourth-order valence-corrected chi connectivity index (χ4v) is 1.23. The van der Waals surface area contributed by atoms with Gasteiger partial charge in [-0.3, -0.25) is 4.79 Å². The van der Waals surface area contributed by atoms with Crippen LogP contribution < -0.4 is 0 Å². The Labute approximate surface area is 67.2 Å². The molecule has 1 aliphatic heterocycles. The molecule has 0 fully saturated rings. The van der Waals surface area contributed by atoms with Crippen molar-refractivity contribution in [2.24, 2.45) is 0 Å². The van der Waals surface area contributed by atoms with Gasteiger partial charge in [0.1, 0.15) is 0 Å². The molecule has 60 valence electrons. The lowest BCUT2D eigenvalue weighted by Gasteiger charge is -2.28. The maximum Gasteiger partial charge on any atom is 0.246 e. The third-order valence-corrected chi connectivity index (χ3v) is 2.00. The van der Waals surface area contributed by atoms with E-state index in [1.807, 2.05) is 19.2 Å². The van der Waals surface area contributed by atoms with Crippen LogP contribution in [-0.2, 0) is 4.79 Å². The Balaban J connectivity index is 2.61. The molecule has 0 aromatic rings. The number of rotatable bonds is 2. The number of hydrogen-bond acceptors (Lipinski definition) is 1. The van der Waals surface area contributed by atoms with Crippen molar-refractivity contribution in [2.75, 3.05) is 7.05 Å². The zero-order chi connectivity index (χ0) is 8.27. The summed E-state index contributed by atoms with van der Waals surface area (Å²) in [6, 6.07) is 0.324. The van der Waals surface area contributed by atoms with Crippen LogP contribution in [0.3, 0.4) is 0 Å². The normalized spacial score (nSPS) is 23.9. The molecule has 2 nitrogen and oxygen atoms in total. The maximum atomic E-state index is 11.1. The lowest BCUT2D eigenvalue weighted by atomic mass is 10.1. The molecule has 0 aromatic carbocycles. The molecule has 0 aliphatic carbocycles. The molecule has 11 heavy (non-hydrogen) atoms. The summed E-state index contributed by atoms with van der Waals surface area (Å²) in [4.78, 5) is 12.8. The van der Waals surface area contributed by atoms with Crippen LogP contribution in [0.4, 0.5) is 0 Å². The van der Waals surface area contributed by atoms with Crippen molar-refractivity contribution in [1.29, 1.82) is 0 Å². The van der Waals surface area contributed by atoms with Gasteiger partial charge in [0.2, 0.25) is 5.91 Å². The fourth-order valence-electron chi connectivity index (χ4n) is 1.23. The Hall–Kier alpha value is -1.05. The molecule has 1 aliphatic rings. The highest BCUT2D eigenvalue weighted by molar-refractivity contribution is 5.88. The van der Waals surface area contributed by atoms with Gasteiger partial charge in [0, 0.05) is 13.1 Å². The predicted molar refractivity (Wildman–Crippen MR) is 45.1 cm³/mol. The smallest absolute Gasteiger partial charge is 0.246 e. The van der Waals surface area contributed by atoms with Gasteiger partial charge >= 0.3 is 0 Å². The topological polar surface area (TPSA) is 20.3 Å². The second-order valence-corrected chi connectivity index (χ2v) is 2.77. The van der Waals surface area contributed by atoms with Crippen LogP contribution in [0.15, 0.2) is 24.8 Å². The third kappa shape index (κ3) is 1.70. The second-order valence-electron chi connectivity index (χ2n) is 2.77. The molecule has 1 heterocycles. The molecule has 0 radical (unpaired) electrons. The quantitative estimate of drug-likeness (QED) is 0.545. The van der Waals surface area contributed by atoms with E-state index in [4.69, 9.17) is 0 Å². The first-order valence-electron chi connectivity index (χ1n) is 3.80. The van der Waals surface area contributed by atoms with E-state index in [-0.39, 0.29) is 5.91 Å². The number of likely N-dealkylation sites (N-methyl/N-ethyl adjacent to an activating group) is 1. The maximum absolute atomic E-state index is 11.1. The van der Waals surface area contributed by atoms with Crippen LogP contribution in [-0.4, -0.2) is 23.9 Å². The van der Waals surface area contributed by atoms with Gasteiger partial charge in [0.25, 0.3) is 0 Å². The van der Waals surface area contributed by atoms with E-state index in [1.165, 1.54) is 0 Å². The summed E-state index contributed by atoms with van der Waals surface area (Å²) in [5.74, 6) is 0.100. The Kier molecular flexibility index (Phi) is 2.47. The van der Waals surface area contributed by atoms with E-state index >= 15 is 0 Å². The van der Waals surface area contributed by atoms with E-state index in [0.29, 0.717) is 6.04 Å². The van der Waals surface area contributed by atoms with E-state index in [1.54, 1.807) is 11.0 Å². The van der Waals surface area contributed by atoms with Crippen LogP contribution >= 0.6 is 0 Å². The molecule has 1 amide bonds. The zero-order valence-electron chi connectivity index (χ0n) is 6.79. The average Bonchev–Trinajstić information content (AvgIpc) is 1.99. The molecule has 0 N–H and O–H groups in total. The molecule has 1 atom stereocenters. The second kappa shape index (κ2) is 3.37. The van der Waals surface area contributed by atoms with E-state index in [2.05, 4.69) is 6.58 Å². The highest BCUT2D eigenvalue weighted by atomic mass is 16.2. The molecule has 0 spiro atoms. The van der Waals surface area contributed by atoms with Gasteiger partial charge in [-0.05, 0) is 18.9 Å². The molecule has 0 aromatic heterocycles. The highest BCUT2D eigenvalue weighted by Gasteiger charge is 2.18. The van der Waals surface area contributed by atoms with Gasteiger partial charge in [-0.1, -0.05) is 12.2 Å². The number of amides is 1. The first kappa shape index (κ1) is 8.05. The predicted octanol–water partition coefficient (Wildman–Crippen LogP) is 1.35. The van der Waals surface area contributed by atoms with Crippen molar-refractivity contribution in [3.05, 3.63) is 24.8 Å². The average molecular weight is 151 g/mol. The van der Waals surface area contributed by atoms with Crippen LogP contribution in [0, 0.1) is 0 Å².